The first-order valence-electron chi connectivity index (χ1n) is 26.5. The van der Waals surface area contributed by atoms with Gasteiger partial charge in [0, 0.05) is 19.3 Å². The molecule has 0 aromatic carbocycles. The number of carbonyl (C=O) groups is 3. The molecule has 0 bridgehead atoms. The second-order valence-corrected chi connectivity index (χ2v) is 18.7. The zero-order chi connectivity index (χ0) is 49.9. The molecule has 0 spiro atoms. The molecule has 0 saturated carbocycles. The Bertz CT molecular complexity index is 1460. The molecule has 0 radical (unpaired) electrons. The SMILES string of the molecule is CC/C=C\C/C=C\C/C=C\CCCCCCCC(=O)OC(COC(=O)CCCCC/C=C\C/C=C\C/C=C\CC)COP(=O)(O)OCC(CO)OC(=O)CCCCCCC/C=C\CCCCCC. The average molecular weight is 975 g/mol. The molecule has 0 rings (SSSR count). The first kappa shape index (κ1) is 64.7. The fourth-order valence-corrected chi connectivity index (χ4v) is 7.57. The summed E-state index contributed by atoms with van der Waals surface area (Å²) in [7, 11) is -4.76. The van der Waals surface area contributed by atoms with E-state index in [0.29, 0.717) is 19.3 Å². The lowest BCUT2D eigenvalue weighted by Crippen LogP contribution is -2.30. The fourth-order valence-electron chi connectivity index (χ4n) is 6.79. The molecule has 0 fully saturated rings. The van der Waals surface area contributed by atoms with Gasteiger partial charge in [-0.1, -0.05) is 170 Å². The zero-order valence-electron chi connectivity index (χ0n) is 42.8. The topological polar surface area (TPSA) is 155 Å². The summed E-state index contributed by atoms with van der Waals surface area (Å²) in [5.74, 6) is -1.54. The number of hydrogen-bond donors (Lipinski definition) is 2. The molecule has 0 amide bonds. The number of allylic oxidation sites excluding steroid dienone is 14. The number of carbonyl (C=O) groups excluding carboxylic acids is 3. The van der Waals surface area contributed by atoms with Crippen molar-refractivity contribution in [3.05, 3.63) is 85.1 Å². The predicted octanol–water partition coefficient (Wildman–Crippen LogP) is 15.1. The van der Waals surface area contributed by atoms with Crippen molar-refractivity contribution < 1.29 is 52.2 Å². The van der Waals surface area contributed by atoms with Gasteiger partial charge in [-0.25, -0.2) is 4.57 Å². The molecule has 3 unspecified atom stereocenters. The van der Waals surface area contributed by atoms with Crippen LogP contribution in [0.5, 0.6) is 0 Å². The van der Waals surface area contributed by atoms with E-state index in [2.05, 4.69) is 106 Å². The van der Waals surface area contributed by atoms with Gasteiger partial charge in [0.25, 0.3) is 0 Å². The molecule has 11 nitrogen and oxygen atoms in total. The summed E-state index contributed by atoms with van der Waals surface area (Å²) in [4.78, 5) is 48.3. The molecule has 0 aliphatic rings. The maximum absolute atomic E-state index is 12.9. The summed E-state index contributed by atoms with van der Waals surface area (Å²) < 4.78 is 39.3. The minimum atomic E-state index is -4.76. The van der Waals surface area contributed by atoms with Crippen molar-refractivity contribution in [2.75, 3.05) is 26.4 Å². The molecule has 0 heterocycles. The van der Waals surface area contributed by atoms with Crippen molar-refractivity contribution in [3.8, 4) is 0 Å². The molecule has 0 saturated heterocycles. The van der Waals surface area contributed by atoms with E-state index in [1.165, 1.54) is 25.7 Å². The highest BCUT2D eigenvalue weighted by Gasteiger charge is 2.28. The third-order valence-electron chi connectivity index (χ3n) is 10.8. The van der Waals surface area contributed by atoms with Crippen LogP contribution in [-0.4, -0.2) is 66.5 Å². The van der Waals surface area contributed by atoms with E-state index in [4.69, 9.17) is 23.3 Å². The lowest BCUT2D eigenvalue weighted by Gasteiger charge is -2.21. The van der Waals surface area contributed by atoms with Crippen LogP contribution in [0, 0.1) is 0 Å². The molecule has 68 heavy (non-hydrogen) atoms. The monoisotopic (exact) mass is 975 g/mol. The fraction of sp³-hybridized carbons (Fsp3) is 0.696. The standard InChI is InChI=1S/C56H95O11P/c1-4-7-10-13-16-19-22-25-26-29-32-35-38-41-44-47-56(60)67-53(49-63-54(58)45-42-39-36-33-30-27-23-20-17-14-11-8-5-2)51-65-68(61,62)64-50-52(48-57)66-55(59)46-43-40-37-34-31-28-24-21-18-15-12-9-6-3/h7-8,10-11,16-17,19-21,24-27,30,52-53,57H,4-6,9,12-15,18,22-23,28-29,31-51H2,1-3H3,(H,61,62)/b10-7-,11-8-,19-16-,20-17-,24-21-,26-25-,30-27-. The number of ether oxygens (including phenoxy) is 3. The third kappa shape index (κ3) is 47.7. The van der Waals surface area contributed by atoms with Gasteiger partial charge in [-0.2, -0.15) is 0 Å². The quantitative estimate of drug-likeness (QED) is 0.0197. The summed E-state index contributed by atoms with van der Waals surface area (Å²) in [6.45, 7) is 4.32. The second-order valence-electron chi connectivity index (χ2n) is 17.3. The van der Waals surface area contributed by atoms with Crippen molar-refractivity contribution >= 4 is 25.7 Å². The van der Waals surface area contributed by atoms with E-state index in [-0.39, 0.29) is 25.9 Å². The van der Waals surface area contributed by atoms with Gasteiger partial charge in [-0.3, -0.25) is 23.4 Å². The summed E-state index contributed by atoms with van der Waals surface area (Å²) >= 11 is 0. The molecule has 0 aliphatic carbocycles. The van der Waals surface area contributed by atoms with Crippen molar-refractivity contribution in [2.45, 2.75) is 226 Å². The van der Waals surface area contributed by atoms with Gasteiger partial charge in [0.05, 0.1) is 19.8 Å². The van der Waals surface area contributed by atoms with Gasteiger partial charge in [-0.15, -0.1) is 0 Å². The average Bonchev–Trinajstić information content (AvgIpc) is 3.32. The Morgan fingerprint density at radius 2 is 0.765 bits per heavy atom. The largest absolute Gasteiger partial charge is 0.472 e. The van der Waals surface area contributed by atoms with Gasteiger partial charge < -0.3 is 24.2 Å². The number of aliphatic hydroxyl groups excluding tert-OH is 1. The van der Waals surface area contributed by atoms with Crippen molar-refractivity contribution in [1.29, 1.82) is 0 Å². The van der Waals surface area contributed by atoms with Crippen LogP contribution >= 0.6 is 7.82 Å². The van der Waals surface area contributed by atoms with Gasteiger partial charge >= 0.3 is 25.7 Å². The highest BCUT2D eigenvalue weighted by molar-refractivity contribution is 7.47. The van der Waals surface area contributed by atoms with Crippen LogP contribution in [0.25, 0.3) is 0 Å². The molecular weight excluding hydrogens is 880 g/mol. The smallest absolute Gasteiger partial charge is 0.462 e. The molecule has 0 aromatic rings. The molecule has 3 atom stereocenters. The van der Waals surface area contributed by atoms with Crippen LogP contribution in [-0.2, 0) is 42.2 Å². The van der Waals surface area contributed by atoms with Crippen LogP contribution in [0.3, 0.4) is 0 Å². The maximum Gasteiger partial charge on any atom is 0.472 e. The Kier molecular flexibility index (Phi) is 47.6. The van der Waals surface area contributed by atoms with Crippen molar-refractivity contribution in [2.24, 2.45) is 0 Å². The van der Waals surface area contributed by atoms with Crippen LogP contribution < -0.4 is 0 Å². The lowest BCUT2D eigenvalue weighted by molar-refractivity contribution is -0.161. The highest BCUT2D eigenvalue weighted by atomic mass is 31.2. The molecule has 2 N–H and O–H groups in total. The number of phosphoric acid groups is 1. The molecular formula is C56H95O11P. The molecule has 12 heteroatoms. The normalized spacial score (nSPS) is 14.1. The van der Waals surface area contributed by atoms with E-state index >= 15 is 0 Å². The van der Waals surface area contributed by atoms with E-state index in [1.807, 2.05) is 0 Å². The number of aliphatic hydroxyl groups is 1. The van der Waals surface area contributed by atoms with Gasteiger partial charge in [-0.05, 0) is 109 Å². The zero-order valence-corrected chi connectivity index (χ0v) is 43.7. The minimum absolute atomic E-state index is 0.138. The first-order chi connectivity index (χ1) is 33.2. The van der Waals surface area contributed by atoms with Crippen molar-refractivity contribution in [1.82, 2.24) is 0 Å². The molecule has 0 aromatic heterocycles. The third-order valence-corrected chi connectivity index (χ3v) is 11.7. The summed E-state index contributed by atoms with van der Waals surface area (Å²) in [5, 5.41) is 9.78. The Morgan fingerprint density at radius 3 is 1.21 bits per heavy atom. The van der Waals surface area contributed by atoms with Crippen molar-refractivity contribution in [3.63, 3.8) is 0 Å². The predicted molar refractivity (Wildman–Crippen MR) is 279 cm³/mol. The van der Waals surface area contributed by atoms with Crippen LogP contribution in [0.4, 0.5) is 0 Å². The van der Waals surface area contributed by atoms with E-state index in [9.17, 15) is 28.9 Å². The first-order valence-corrected chi connectivity index (χ1v) is 28.0. The lowest BCUT2D eigenvalue weighted by atomic mass is 10.1. The summed E-state index contributed by atoms with van der Waals surface area (Å²) in [6.07, 6.45) is 55.5. The second kappa shape index (κ2) is 50.1. The Hall–Kier alpha value is -3.34. The van der Waals surface area contributed by atoms with E-state index < -0.39 is 57.8 Å². The Balaban J connectivity index is 4.81. The van der Waals surface area contributed by atoms with Crippen LogP contribution in [0.1, 0.15) is 213 Å². The number of hydrogen-bond acceptors (Lipinski definition) is 10. The summed E-state index contributed by atoms with van der Waals surface area (Å²) in [6, 6.07) is 0. The van der Waals surface area contributed by atoms with E-state index in [1.54, 1.807) is 0 Å². The minimum Gasteiger partial charge on any atom is -0.462 e. The maximum atomic E-state index is 12.9. The molecule has 0 aliphatic heterocycles. The number of phosphoric ester groups is 1. The Labute approximate surface area is 413 Å². The summed E-state index contributed by atoms with van der Waals surface area (Å²) in [5.41, 5.74) is 0. The van der Waals surface area contributed by atoms with Gasteiger partial charge in [0.1, 0.15) is 12.7 Å². The Morgan fingerprint density at radius 1 is 0.426 bits per heavy atom. The van der Waals surface area contributed by atoms with E-state index in [0.717, 1.165) is 128 Å². The van der Waals surface area contributed by atoms with Crippen LogP contribution in [0.2, 0.25) is 0 Å². The number of rotatable bonds is 48. The van der Waals surface area contributed by atoms with Gasteiger partial charge in [0.15, 0.2) is 6.10 Å². The number of unbranched alkanes of at least 4 members (excludes halogenated alkanes) is 17. The van der Waals surface area contributed by atoms with Gasteiger partial charge in [0.2, 0.25) is 0 Å². The molecule has 390 valence electrons. The number of esters is 3. The van der Waals surface area contributed by atoms with Crippen LogP contribution in [0.15, 0.2) is 85.1 Å². The highest BCUT2D eigenvalue weighted by Crippen LogP contribution is 2.43.